The number of hydrogen-bond acceptors (Lipinski definition) is 10. The van der Waals surface area contributed by atoms with E-state index in [9.17, 15) is 19.8 Å². The molecule has 0 aliphatic rings. The molecule has 0 aliphatic carbocycles. The van der Waals surface area contributed by atoms with E-state index in [0.29, 0.717) is 35.8 Å². The Labute approximate surface area is 418 Å². The summed E-state index contributed by atoms with van der Waals surface area (Å²) >= 11 is 11.5. The molecule has 0 heterocycles. The fourth-order valence-corrected chi connectivity index (χ4v) is 8.97. The maximum absolute atomic E-state index is 13.4. The van der Waals surface area contributed by atoms with Crippen molar-refractivity contribution in [3.63, 3.8) is 0 Å². The minimum absolute atomic E-state index is 0.0264. The summed E-state index contributed by atoms with van der Waals surface area (Å²) in [5, 5.41) is 21.5. The quantitative estimate of drug-likeness (QED) is 0.0380. The van der Waals surface area contributed by atoms with Gasteiger partial charge in [0.25, 0.3) is 0 Å². The van der Waals surface area contributed by atoms with Crippen LogP contribution in [0, 0.1) is 33.1 Å². The number of thiocarbonyl (C=S) groups is 2. The van der Waals surface area contributed by atoms with Crippen LogP contribution in [0.25, 0.3) is 0 Å². The lowest BCUT2D eigenvalue weighted by atomic mass is 9.92. The van der Waals surface area contributed by atoms with Crippen molar-refractivity contribution in [2.45, 2.75) is 234 Å². The number of aryl methyl sites for hydroxylation is 6. The van der Waals surface area contributed by atoms with Gasteiger partial charge >= 0.3 is 11.9 Å². The molecular weight excluding hydrogens is 877 g/mol. The van der Waals surface area contributed by atoms with Crippen molar-refractivity contribution in [2.24, 2.45) is 5.41 Å². The first kappa shape index (κ1) is 59.9. The van der Waals surface area contributed by atoms with E-state index in [-0.39, 0.29) is 50.8 Å². The number of unbranched alkanes of at least 4 members (excludes halogenated alkanes) is 22. The number of benzene rings is 2. The van der Waals surface area contributed by atoms with Crippen LogP contribution in [-0.4, -0.2) is 58.7 Å². The zero-order valence-electron chi connectivity index (χ0n) is 43.0. The third-order valence-electron chi connectivity index (χ3n) is 13.0. The molecule has 0 fully saturated rings. The predicted molar refractivity (Wildman–Crippen MR) is 285 cm³/mol. The molecule has 8 nitrogen and oxygen atoms in total. The van der Waals surface area contributed by atoms with Gasteiger partial charge in [0.1, 0.15) is 43.3 Å². The van der Waals surface area contributed by atoms with Gasteiger partial charge in [-0.1, -0.05) is 179 Å². The van der Waals surface area contributed by atoms with Crippen LogP contribution in [0.15, 0.2) is 24.3 Å². The summed E-state index contributed by atoms with van der Waals surface area (Å²) in [6.07, 6.45) is 32.5. The third kappa shape index (κ3) is 28.1. The Morgan fingerprint density at radius 1 is 0.418 bits per heavy atom. The van der Waals surface area contributed by atoms with E-state index in [1.807, 2.05) is 52.0 Å². The highest BCUT2D eigenvalue weighted by Crippen LogP contribution is 2.27. The predicted octanol–water partition coefficient (Wildman–Crippen LogP) is 15.8. The number of rotatable bonds is 40. The van der Waals surface area contributed by atoms with Crippen molar-refractivity contribution in [2.75, 3.05) is 26.4 Å². The van der Waals surface area contributed by atoms with Crippen molar-refractivity contribution in [1.82, 2.24) is 0 Å². The highest BCUT2D eigenvalue weighted by molar-refractivity contribution is 7.80. The van der Waals surface area contributed by atoms with Crippen LogP contribution in [0.3, 0.4) is 0 Å². The van der Waals surface area contributed by atoms with E-state index in [4.69, 9.17) is 43.4 Å². The number of ether oxygens (including phenoxy) is 4. The lowest BCUT2D eigenvalue weighted by Crippen LogP contribution is -2.43. The van der Waals surface area contributed by atoms with E-state index in [1.54, 1.807) is 0 Å². The topological polar surface area (TPSA) is 112 Å². The lowest BCUT2D eigenvalue weighted by Gasteiger charge is -2.32. The van der Waals surface area contributed by atoms with E-state index in [2.05, 4.69) is 13.8 Å². The largest absolute Gasteiger partial charge is 0.507 e. The molecule has 2 aromatic rings. The Bertz CT molecular complexity index is 1540. The molecule has 10 heteroatoms. The van der Waals surface area contributed by atoms with Crippen LogP contribution < -0.4 is 0 Å². The van der Waals surface area contributed by atoms with Gasteiger partial charge in [-0.05, 0) is 111 Å². The van der Waals surface area contributed by atoms with Gasteiger partial charge in [-0.15, -0.1) is 0 Å². The van der Waals surface area contributed by atoms with Crippen molar-refractivity contribution < 1.29 is 38.7 Å². The van der Waals surface area contributed by atoms with Gasteiger partial charge in [0.15, 0.2) is 10.1 Å². The zero-order valence-corrected chi connectivity index (χ0v) is 44.6. The van der Waals surface area contributed by atoms with Gasteiger partial charge in [0, 0.05) is 25.7 Å². The molecule has 0 aromatic heterocycles. The Morgan fingerprint density at radius 3 is 0.955 bits per heavy atom. The fraction of sp³-hybridized carbons (Fsp3) is 0.719. The third-order valence-corrected chi connectivity index (χ3v) is 13.6. The molecule has 2 N–H and O–H groups in total. The average molecular weight is 969 g/mol. The molecule has 380 valence electrons. The second-order valence-electron chi connectivity index (χ2n) is 19.6. The monoisotopic (exact) mass is 969 g/mol. The Kier molecular flexibility index (Phi) is 32.8. The van der Waals surface area contributed by atoms with Crippen LogP contribution >= 0.6 is 24.4 Å². The van der Waals surface area contributed by atoms with Crippen LogP contribution in [0.5, 0.6) is 11.5 Å². The van der Waals surface area contributed by atoms with Crippen molar-refractivity contribution in [3.05, 3.63) is 57.6 Å². The minimum Gasteiger partial charge on any atom is -0.507 e. The summed E-state index contributed by atoms with van der Waals surface area (Å²) in [5.74, 6) is -0.301. The molecule has 0 atom stereocenters. The zero-order chi connectivity index (χ0) is 49.1. The van der Waals surface area contributed by atoms with Gasteiger partial charge in [-0.3, -0.25) is 9.59 Å². The summed E-state index contributed by atoms with van der Waals surface area (Å²) < 4.78 is 24.6. The highest BCUT2D eigenvalue weighted by atomic mass is 32.1. The average Bonchev–Trinajstić information content (AvgIpc) is 3.31. The SMILES string of the molecule is CCCCCCCCCCCCCCC(=S)OCC(COC(=O)CCc1cc(C)c(O)c(C)c1)(COC(=O)CCc1cc(C)c(O)c(C)c1)COC(=S)CCCCCCCCCCCCCC. The first-order valence-corrected chi connectivity index (χ1v) is 27.3. The molecule has 67 heavy (non-hydrogen) atoms. The van der Waals surface area contributed by atoms with Gasteiger partial charge < -0.3 is 29.2 Å². The van der Waals surface area contributed by atoms with Gasteiger partial charge in [-0.25, -0.2) is 0 Å². The molecular formula is C57H92O8S2. The van der Waals surface area contributed by atoms with Gasteiger partial charge in [0.05, 0.1) is 0 Å². The lowest BCUT2D eigenvalue weighted by molar-refractivity contribution is -0.158. The summed E-state index contributed by atoms with van der Waals surface area (Å²) in [6, 6.07) is 7.54. The van der Waals surface area contributed by atoms with E-state index in [1.165, 1.54) is 128 Å². The van der Waals surface area contributed by atoms with Crippen LogP contribution in [0.4, 0.5) is 0 Å². The highest BCUT2D eigenvalue weighted by Gasteiger charge is 2.37. The number of esters is 2. The first-order valence-electron chi connectivity index (χ1n) is 26.5. The number of carbonyl (C=O) groups is 2. The molecule has 0 spiro atoms. The second kappa shape index (κ2) is 36.7. The summed E-state index contributed by atoms with van der Waals surface area (Å²) in [7, 11) is 0. The Morgan fingerprint density at radius 2 is 0.672 bits per heavy atom. The minimum atomic E-state index is -1.08. The molecule has 0 aliphatic heterocycles. The summed E-state index contributed by atoms with van der Waals surface area (Å²) in [4.78, 5) is 26.8. The molecule has 0 bridgehead atoms. The molecule has 0 radical (unpaired) electrons. The van der Waals surface area contributed by atoms with Crippen LogP contribution in [0.1, 0.15) is 227 Å². The number of carbonyl (C=O) groups excluding carboxylic acids is 2. The number of phenolic OH excluding ortho intramolecular Hbond substituents is 2. The van der Waals surface area contributed by atoms with Crippen LogP contribution in [0.2, 0.25) is 0 Å². The van der Waals surface area contributed by atoms with Crippen LogP contribution in [-0.2, 0) is 41.4 Å². The first-order chi connectivity index (χ1) is 32.3. The Hall–Kier alpha value is -3.24. The smallest absolute Gasteiger partial charge is 0.306 e. The van der Waals surface area contributed by atoms with Gasteiger partial charge in [-0.2, -0.15) is 0 Å². The molecule has 0 saturated carbocycles. The molecule has 2 aromatic carbocycles. The number of aromatic hydroxyl groups is 2. The normalized spacial score (nSPS) is 11.4. The Balaban J connectivity index is 2.09. The van der Waals surface area contributed by atoms with E-state index in [0.717, 1.165) is 59.1 Å². The van der Waals surface area contributed by atoms with Crippen molar-refractivity contribution in [3.8, 4) is 11.5 Å². The molecule has 0 unspecified atom stereocenters. The number of hydrogen-bond donors (Lipinski definition) is 2. The van der Waals surface area contributed by atoms with Crippen molar-refractivity contribution in [1.29, 1.82) is 0 Å². The molecule has 0 saturated heterocycles. The summed E-state index contributed by atoms with van der Waals surface area (Å²) in [6.45, 7) is 11.7. The fourth-order valence-electron chi connectivity index (χ4n) is 8.57. The number of phenols is 2. The van der Waals surface area contributed by atoms with E-state index < -0.39 is 17.4 Å². The standard InChI is InChI=1S/C57H92O8S2/c1-7-9-11-13-15-17-19-21-23-25-27-29-31-53(66)64-43-57(41-62-51(58)35-33-49-37-45(3)55(60)46(4)38-49,42-63-52(59)36-34-50-39-47(5)56(61)48(6)40-50)44-65-54(67)32-30-28-26-24-22-20-18-16-14-12-10-8-2/h37-40,60-61H,7-36,41-44H2,1-6H3. The summed E-state index contributed by atoms with van der Waals surface area (Å²) in [5.41, 5.74) is 3.82. The van der Waals surface area contributed by atoms with E-state index >= 15 is 0 Å². The molecule has 0 amide bonds. The maximum atomic E-state index is 13.4. The maximum Gasteiger partial charge on any atom is 0.306 e. The second-order valence-corrected chi connectivity index (χ2v) is 20.5. The van der Waals surface area contributed by atoms with Crippen molar-refractivity contribution >= 4 is 46.5 Å². The molecule has 2 rings (SSSR count). The van der Waals surface area contributed by atoms with Gasteiger partial charge in [0.2, 0.25) is 0 Å².